The molecule has 0 aliphatic rings. The number of fused-ring (bicyclic) bond motifs is 1. The Hall–Kier alpha value is -1.60. The number of carbonyl (C=O) groups excluding carboxylic acids is 1. The quantitative estimate of drug-likeness (QED) is 0.411. The minimum absolute atomic E-state index is 0. The molecule has 0 N–H and O–H groups in total. The predicted octanol–water partition coefficient (Wildman–Crippen LogP) is 5.74. The van der Waals surface area contributed by atoms with Crippen molar-refractivity contribution in [1.29, 1.82) is 0 Å². The maximum absolute atomic E-state index is 13.4. The van der Waals surface area contributed by atoms with Crippen LogP contribution in [0.5, 0.6) is 0 Å². The van der Waals surface area contributed by atoms with Gasteiger partial charge in [0.2, 0.25) is 0 Å². The molecule has 0 saturated heterocycles. The number of anilines is 1. The first-order chi connectivity index (χ1) is 13.5. The number of hydrogen-bond donors (Lipinski definition) is 0. The van der Waals surface area contributed by atoms with Crippen LogP contribution in [0.1, 0.15) is 29.3 Å². The molecule has 1 heterocycles. The number of thioether (sulfide) groups is 1. The monoisotopic (exact) mass is 449 g/mol. The van der Waals surface area contributed by atoms with Gasteiger partial charge in [0, 0.05) is 17.0 Å². The van der Waals surface area contributed by atoms with E-state index in [1.165, 1.54) is 5.56 Å². The number of amides is 1. The summed E-state index contributed by atoms with van der Waals surface area (Å²) in [5.41, 5.74) is 2.88. The van der Waals surface area contributed by atoms with Crippen molar-refractivity contribution in [1.82, 2.24) is 9.88 Å². The lowest BCUT2D eigenvalue weighted by Crippen LogP contribution is -2.33. The van der Waals surface area contributed by atoms with Crippen molar-refractivity contribution >= 4 is 56.8 Å². The number of hydrogen-bond acceptors (Lipinski definition) is 5. The number of thiazole rings is 1. The van der Waals surface area contributed by atoms with Gasteiger partial charge in [-0.05, 0) is 75.6 Å². The Bertz CT molecular complexity index is 958. The van der Waals surface area contributed by atoms with Crippen molar-refractivity contribution in [2.24, 2.45) is 0 Å². The number of rotatable bonds is 8. The fourth-order valence-electron chi connectivity index (χ4n) is 3.01. The zero-order chi connectivity index (χ0) is 20.1. The van der Waals surface area contributed by atoms with Gasteiger partial charge in [-0.2, -0.15) is 0 Å². The topological polar surface area (TPSA) is 36.4 Å². The molecular weight excluding hydrogens is 422 g/mol. The SMILES string of the molecule is CCSc1cccc(C(=O)N(CCCN(C)C)c2nc3ccc(C)cc3s2)c1.Cl. The Labute approximate surface area is 187 Å². The van der Waals surface area contributed by atoms with Gasteiger partial charge in [0.25, 0.3) is 5.91 Å². The highest BCUT2D eigenvalue weighted by molar-refractivity contribution is 7.99. The molecule has 3 aromatic rings. The molecule has 0 aliphatic carbocycles. The van der Waals surface area contributed by atoms with Gasteiger partial charge in [-0.3, -0.25) is 9.69 Å². The second-order valence-corrected chi connectivity index (χ2v) is 9.39. The second kappa shape index (κ2) is 11.0. The van der Waals surface area contributed by atoms with Gasteiger partial charge in [0.15, 0.2) is 5.13 Å². The minimum Gasteiger partial charge on any atom is -0.309 e. The molecule has 7 heteroatoms. The van der Waals surface area contributed by atoms with Crippen LogP contribution in [0.4, 0.5) is 5.13 Å². The van der Waals surface area contributed by atoms with Crippen LogP contribution in [0.2, 0.25) is 0 Å². The summed E-state index contributed by atoms with van der Waals surface area (Å²) in [4.78, 5) is 23.3. The summed E-state index contributed by atoms with van der Waals surface area (Å²) >= 11 is 3.34. The van der Waals surface area contributed by atoms with Gasteiger partial charge < -0.3 is 4.90 Å². The summed E-state index contributed by atoms with van der Waals surface area (Å²) in [5.74, 6) is 1.01. The van der Waals surface area contributed by atoms with Gasteiger partial charge in [-0.25, -0.2) is 4.98 Å². The highest BCUT2D eigenvalue weighted by Gasteiger charge is 2.21. The molecule has 0 aliphatic heterocycles. The summed E-state index contributed by atoms with van der Waals surface area (Å²) in [6.07, 6.45) is 0.900. The van der Waals surface area contributed by atoms with E-state index in [1.807, 2.05) is 29.2 Å². The average Bonchev–Trinajstić information content (AvgIpc) is 3.07. The molecule has 2 aromatic carbocycles. The van der Waals surface area contributed by atoms with Gasteiger partial charge >= 0.3 is 0 Å². The number of aryl methyl sites for hydroxylation is 1. The van der Waals surface area contributed by atoms with Crippen LogP contribution in [-0.4, -0.2) is 48.7 Å². The molecule has 0 radical (unpaired) electrons. The zero-order valence-electron chi connectivity index (χ0n) is 17.3. The van der Waals surface area contributed by atoms with Gasteiger partial charge in [0.1, 0.15) is 0 Å². The van der Waals surface area contributed by atoms with E-state index in [2.05, 4.69) is 51.0 Å². The number of aromatic nitrogens is 1. The van der Waals surface area contributed by atoms with E-state index < -0.39 is 0 Å². The van der Waals surface area contributed by atoms with Crippen LogP contribution in [0, 0.1) is 6.92 Å². The van der Waals surface area contributed by atoms with E-state index in [0.29, 0.717) is 6.54 Å². The van der Waals surface area contributed by atoms with Gasteiger partial charge in [0.05, 0.1) is 10.2 Å². The van der Waals surface area contributed by atoms with Gasteiger partial charge in [-0.15, -0.1) is 24.2 Å². The lowest BCUT2D eigenvalue weighted by atomic mass is 10.2. The van der Waals surface area contributed by atoms with Crippen LogP contribution >= 0.6 is 35.5 Å². The summed E-state index contributed by atoms with van der Waals surface area (Å²) in [6.45, 7) is 5.78. The largest absolute Gasteiger partial charge is 0.309 e. The van der Waals surface area contributed by atoms with Crippen molar-refractivity contribution in [3.8, 4) is 0 Å². The van der Waals surface area contributed by atoms with Crippen LogP contribution < -0.4 is 4.90 Å². The molecule has 156 valence electrons. The van der Waals surface area contributed by atoms with E-state index in [-0.39, 0.29) is 18.3 Å². The molecule has 0 spiro atoms. The van der Waals surface area contributed by atoms with Gasteiger partial charge in [-0.1, -0.05) is 30.4 Å². The minimum atomic E-state index is 0. The Morgan fingerprint density at radius 1 is 1.14 bits per heavy atom. The second-order valence-electron chi connectivity index (χ2n) is 7.04. The number of carbonyl (C=O) groups is 1. The normalized spacial score (nSPS) is 10.9. The highest BCUT2D eigenvalue weighted by atomic mass is 35.5. The molecule has 29 heavy (non-hydrogen) atoms. The van der Waals surface area contributed by atoms with Crippen LogP contribution in [0.3, 0.4) is 0 Å². The third-order valence-electron chi connectivity index (χ3n) is 4.39. The summed E-state index contributed by atoms with van der Waals surface area (Å²) in [6, 6.07) is 14.1. The van der Waals surface area contributed by atoms with E-state index in [1.54, 1.807) is 23.1 Å². The molecule has 4 nitrogen and oxygen atoms in total. The third kappa shape index (κ3) is 6.19. The Kier molecular flexibility index (Phi) is 8.96. The first-order valence-corrected chi connectivity index (χ1v) is 11.3. The first-order valence-electron chi connectivity index (χ1n) is 9.54. The smallest absolute Gasteiger partial charge is 0.260 e. The lowest BCUT2D eigenvalue weighted by Gasteiger charge is -2.21. The van der Waals surface area contributed by atoms with Crippen molar-refractivity contribution < 1.29 is 4.79 Å². The molecule has 3 rings (SSSR count). The van der Waals surface area contributed by atoms with Crippen LogP contribution in [0.15, 0.2) is 47.4 Å². The molecule has 1 amide bonds. The number of benzene rings is 2. The first kappa shape index (κ1) is 23.7. The van der Waals surface area contributed by atoms with Crippen LogP contribution in [0.25, 0.3) is 10.2 Å². The van der Waals surface area contributed by atoms with Crippen molar-refractivity contribution in [3.05, 3.63) is 53.6 Å². The molecule has 1 aromatic heterocycles. The van der Waals surface area contributed by atoms with E-state index >= 15 is 0 Å². The summed E-state index contributed by atoms with van der Waals surface area (Å²) < 4.78 is 1.12. The third-order valence-corrected chi connectivity index (χ3v) is 6.30. The summed E-state index contributed by atoms with van der Waals surface area (Å²) in [5, 5.41) is 0.776. The Morgan fingerprint density at radius 2 is 1.93 bits per heavy atom. The molecule has 0 atom stereocenters. The average molecular weight is 450 g/mol. The molecule has 0 fully saturated rings. The lowest BCUT2D eigenvalue weighted by molar-refractivity contribution is 0.0986. The van der Waals surface area contributed by atoms with E-state index in [0.717, 1.165) is 44.5 Å². The molecule has 0 bridgehead atoms. The maximum atomic E-state index is 13.4. The standard InChI is InChI=1S/C22H27N3OS2.ClH/c1-5-27-18-9-6-8-17(15-18)21(26)25(13-7-12-24(3)4)22-23-19-11-10-16(2)14-20(19)28-22;/h6,8-11,14-15H,5,7,12-13H2,1-4H3;1H. The van der Waals surface area contributed by atoms with Crippen molar-refractivity contribution in [3.63, 3.8) is 0 Å². The summed E-state index contributed by atoms with van der Waals surface area (Å²) in [7, 11) is 4.11. The van der Waals surface area contributed by atoms with Crippen LogP contribution in [-0.2, 0) is 0 Å². The number of nitrogens with zero attached hydrogens (tertiary/aromatic N) is 3. The maximum Gasteiger partial charge on any atom is 0.260 e. The van der Waals surface area contributed by atoms with E-state index in [4.69, 9.17) is 4.98 Å². The Morgan fingerprint density at radius 3 is 2.66 bits per heavy atom. The van der Waals surface area contributed by atoms with E-state index in [9.17, 15) is 4.79 Å². The Balaban J connectivity index is 0.00000300. The zero-order valence-corrected chi connectivity index (χ0v) is 19.8. The predicted molar refractivity (Wildman–Crippen MR) is 129 cm³/mol. The molecular formula is C22H28ClN3OS2. The number of halogens is 1. The highest BCUT2D eigenvalue weighted by Crippen LogP contribution is 2.31. The fourth-order valence-corrected chi connectivity index (χ4v) is 4.81. The molecule has 0 unspecified atom stereocenters. The molecule has 0 saturated carbocycles. The fraction of sp³-hybridized carbons (Fsp3) is 0.364. The van der Waals surface area contributed by atoms with Crippen molar-refractivity contribution in [2.75, 3.05) is 37.8 Å². The van der Waals surface area contributed by atoms with Crippen molar-refractivity contribution in [2.45, 2.75) is 25.2 Å².